The Morgan fingerprint density at radius 1 is 0.939 bits per heavy atom. The third kappa shape index (κ3) is 4.45. The number of likely N-dealkylation sites (tertiary alicyclic amines) is 1. The highest BCUT2D eigenvalue weighted by Crippen LogP contribution is 2.46. The van der Waals surface area contributed by atoms with Gasteiger partial charge in [-0.2, -0.15) is 5.06 Å². The molecule has 2 aliphatic heterocycles. The monoisotopic (exact) mass is 453 g/mol. The van der Waals surface area contributed by atoms with Crippen LogP contribution in [0.3, 0.4) is 0 Å². The van der Waals surface area contributed by atoms with Crippen LogP contribution in [-0.2, 0) is 19.2 Å². The molecule has 1 aromatic rings. The van der Waals surface area contributed by atoms with Gasteiger partial charge in [0.25, 0.3) is 5.91 Å². The summed E-state index contributed by atoms with van der Waals surface area (Å²) in [5.41, 5.74) is 2.03. The van der Waals surface area contributed by atoms with Crippen molar-refractivity contribution in [3.63, 3.8) is 0 Å². The SMILES string of the molecule is Cc1ccc(C2C3C(=O)N(C4CCCCC4)C(=O)C3ON2CC(=O)NC2CCCCC2)cc1. The lowest BCUT2D eigenvalue weighted by atomic mass is 9.90. The van der Waals surface area contributed by atoms with Gasteiger partial charge in [0.15, 0.2) is 6.10 Å². The molecule has 2 heterocycles. The van der Waals surface area contributed by atoms with Crippen molar-refractivity contribution >= 4 is 17.7 Å². The van der Waals surface area contributed by atoms with E-state index in [9.17, 15) is 14.4 Å². The molecule has 1 aromatic carbocycles. The minimum atomic E-state index is -0.840. The molecule has 5 rings (SSSR count). The number of aryl methyl sites for hydroxylation is 1. The van der Waals surface area contributed by atoms with Crippen LogP contribution in [0.4, 0.5) is 0 Å². The lowest BCUT2D eigenvalue weighted by molar-refractivity contribution is -0.184. The van der Waals surface area contributed by atoms with Gasteiger partial charge in [-0.1, -0.05) is 68.4 Å². The fourth-order valence-electron chi connectivity index (χ4n) is 6.12. The Hall–Kier alpha value is -2.25. The van der Waals surface area contributed by atoms with E-state index in [4.69, 9.17) is 4.84 Å². The number of imide groups is 1. The topological polar surface area (TPSA) is 79.0 Å². The van der Waals surface area contributed by atoms with Crippen LogP contribution in [0.15, 0.2) is 24.3 Å². The van der Waals surface area contributed by atoms with Crippen LogP contribution in [0.1, 0.15) is 81.4 Å². The van der Waals surface area contributed by atoms with Crippen LogP contribution in [-0.4, -0.2) is 52.4 Å². The zero-order valence-electron chi connectivity index (χ0n) is 19.5. The second-order valence-corrected chi connectivity index (χ2v) is 10.2. The number of nitrogens with zero attached hydrogens (tertiary/aromatic N) is 2. The predicted octanol–water partition coefficient (Wildman–Crippen LogP) is 3.42. The summed E-state index contributed by atoms with van der Waals surface area (Å²) in [6.07, 6.45) is 9.68. The number of carbonyl (C=O) groups excluding carboxylic acids is 3. The number of amides is 3. The maximum atomic E-state index is 13.6. The van der Waals surface area contributed by atoms with Crippen LogP contribution in [0, 0.1) is 12.8 Å². The number of hydrogen-bond donors (Lipinski definition) is 1. The van der Waals surface area contributed by atoms with Crippen molar-refractivity contribution in [2.45, 2.75) is 95.4 Å². The molecule has 0 radical (unpaired) electrons. The Balaban J connectivity index is 1.37. The molecule has 7 nitrogen and oxygen atoms in total. The number of fused-ring (bicyclic) bond motifs is 1. The molecule has 2 saturated heterocycles. The molecule has 7 heteroatoms. The van der Waals surface area contributed by atoms with Gasteiger partial charge in [-0.3, -0.25) is 24.1 Å². The van der Waals surface area contributed by atoms with Gasteiger partial charge >= 0.3 is 0 Å². The van der Waals surface area contributed by atoms with Gasteiger partial charge in [-0.05, 0) is 38.2 Å². The van der Waals surface area contributed by atoms with E-state index >= 15 is 0 Å². The maximum absolute atomic E-state index is 13.6. The summed E-state index contributed by atoms with van der Waals surface area (Å²) >= 11 is 0. The molecule has 3 amide bonds. The van der Waals surface area contributed by atoms with E-state index in [0.717, 1.165) is 68.9 Å². The van der Waals surface area contributed by atoms with Gasteiger partial charge in [-0.15, -0.1) is 0 Å². The van der Waals surface area contributed by atoms with Crippen LogP contribution in [0.25, 0.3) is 0 Å². The van der Waals surface area contributed by atoms with E-state index in [-0.39, 0.29) is 36.3 Å². The lowest BCUT2D eigenvalue weighted by Gasteiger charge is -2.32. The molecule has 2 saturated carbocycles. The van der Waals surface area contributed by atoms with E-state index in [1.807, 2.05) is 31.2 Å². The molecule has 0 spiro atoms. The van der Waals surface area contributed by atoms with Gasteiger partial charge in [0.2, 0.25) is 11.8 Å². The van der Waals surface area contributed by atoms with Crippen LogP contribution < -0.4 is 5.32 Å². The molecule has 33 heavy (non-hydrogen) atoms. The van der Waals surface area contributed by atoms with Gasteiger partial charge in [0.1, 0.15) is 6.54 Å². The van der Waals surface area contributed by atoms with Gasteiger partial charge in [0, 0.05) is 12.1 Å². The molecule has 4 fully saturated rings. The summed E-state index contributed by atoms with van der Waals surface area (Å²) in [4.78, 5) is 47.4. The standard InChI is InChI=1S/C26H35N3O4/c1-17-12-14-18(15-13-17)23-22-24(26(32)29(25(22)31)20-10-6-3-7-11-20)33-28(23)16-21(30)27-19-8-4-2-5-9-19/h12-15,19-20,22-24H,2-11,16H2,1H3,(H,27,30). The Bertz CT molecular complexity index is 889. The van der Waals surface area contributed by atoms with Crippen LogP contribution >= 0.6 is 0 Å². The quantitative estimate of drug-likeness (QED) is 0.691. The fourth-order valence-corrected chi connectivity index (χ4v) is 6.12. The summed E-state index contributed by atoms with van der Waals surface area (Å²) < 4.78 is 0. The van der Waals surface area contributed by atoms with Gasteiger partial charge in [-0.25, -0.2) is 0 Å². The van der Waals surface area contributed by atoms with E-state index in [1.165, 1.54) is 11.3 Å². The highest BCUT2D eigenvalue weighted by atomic mass is 16.7. The highest BCUT2D eigenvalue weighted by molar-refractivity contribution is 6.07. The molecule has 0 aromatic heterocycles. The summed E-state index contributed by atoms with van der Waals surface area (Å²) in [5, 5.41) is 4.72. The van der Waals surface area contributed by atoms with Crippen molar-refractivity contribution in [2.24, 2.45) is 5.92 Å². The fraction of sp³-hybridized carbons (Fsp3) is 0.654. The number of carbonyl (C=O) groups is 3. The first-order valence-corrected chi connectivity index (χ1v) is 12.7. The Morgan fingerprint density at radius 3 is 2.24 bits per heavy atom. The Labute approximate surface area is 195 Å². The summed E-state index contributed by atoms with van der Waals surface area (Å²) in [6, 6.07) is 7.72. The van der Waals surface area contributed by atoms with Crippen molar-refractivity contribution < 1.29 is 19.2 Å². The average molecular weight is 454 g/mol. The first-order valence-electron chi connectivity index (χ1n) is 12.7. The zero-order valence-corrected chi connectivity index (χ0v) is 19.5. The molecule has 4 aliphatic rings. The normalized spacial score (nSPS) is 29.5. The third-order valence-electron chi connectivity index (χ3n) is 7.86. The average Bonchev–Trinajstić information content (AvgIpc) is 3.30. The van der Waals surface area contributed by atoms with Crippen molar-refractivity contribution in [1.29, 1.82) is 0 Å². The number of rotatable bonds is 5. The third-order valence-corrected chi connectivity index (χ3v) is 7.86. The van der Waals surface area contributed by atoms with E-state index in [0.29, 0.717) is 0 Å². The van der Waals surface area contributed by atoms with Crippen molar-refractivity contribution in [1.82, 2.24) is 15.3 Å². The number of hydroxylamine groups is 2. The molecular formula is C26H35N3O4. The second-order valence-electron chi connectivity index (χ2n) is 10.2. The minimum Gasteiger partial charge on any atom is -0.352 e. The van der Waals surface area contributed by atoms with E-state index in [2.05, 4.69) is 5.32 Å². The number of nitrogens with one attached hydrogen (secondary N) is 1. The van der Waals surface area contributed by atoms with Crippen molar-refractivity contribution in [2.75, 3.05) is 6.54 Å². The van der Waals surface area contributed by atoms with Crippen LogP contribution in [0.5, 0.6) is 0 Å². The minimum absolute atomic E-state index is 0.0188. The Kier molecular flexibility index (Phi) is 6.52. The molecule has 2 aliphatic carbocycles. The lowest BCUT2D eigenvalue weighted by Crippen LogP contribution is -2.46. The predicted molar refractivity (Wildman–Crippen MR) is 123 cm³/mol. The highest BCUT2D eigenvalue weighted by Gasteiger charge is 2.60. The second kappa shape index (κ2) is 9.55. The first kappa shape index (κ1) is 22.5. The molecule has 0 bridgehead atoms. The molecule has 178 valence electrons. The van der Waals surface area contributed by atoms with Gasteiger partial charge < -0.3 is 5.32 Å². The largest absolute Gasteiger partial charge is 0.352 e. The summed E-state index contributed by atoms with van der Waals surface area (Å²) in [5.74, 6) is -1.09. The van der Waals surface area contributed by atoms with E-state index < -0.39 is 18.1 Å². The molecule has 3 unspecified atom stereocenters. The first-order chi connectivity index (χ1) is 16.0. The smallest absolute Gasteiger partial charge is 0.261 e. The van der Waals surface area contributed by atoms with Crippen molar-refractivity contribution in [3.8, 4) is 0 Å². The maximum Gasteiger partial charge on any atom is 0.261 e. The molecule has 1 N–H and O–H groups in total. The van der Waals surface area contributed by atoms with Crippen LogP contribution in [0.2, 0.25) is 0 Å². The number of hydrogen-bond acceptors (Lipinski definition) is 5. The molecular weight excluding hydrogens is 418 g/mol. The van der Waals surface area contributed by atoms with Gasteiger partial charge in [0.05, 0.1) is 12.0 Å². The molecule has 3 atom stereocenters. The number of benzene rings is 1. The Morgan fingerprint density at radius 2 is 1.58 bits per heavy atom. The van der Waals surface area contributed by atoms with E-state index in [1.54, 1.807) is 5.06 Å². The zero-order chi connectivity index (χ0) is 22.9. The summed E-state index contributed by atoms with van der Waals surface area (Å²) in [7, 11) is 0. The summed E-state index contributed by atoms with van der Waals surface area (Å²) in [6.45, 7) is 2.04. The van der Waals surface area contributed by atoms with Crippen molar-refractivity contribution in [3.05, 3.63) is 35.4 Å².